The Labute approximate surface area is 80.1 Å². The number of rotatable bonds is 5. The molecule has 0 saturated heterocycles. The minimum Gasteiger partial charge on any atom is -0.466 e. The van der Waals surface area contributed by atoms with Crippen LogP contribution in [0.25, 0.3) is 0 Å². The van der Waals surface area contributed by atoms with Crippen molar-refractivity contribution in [2.45, 2.75) is 40.0 Å². The normalized spacial score (nSPS) is 11.4. The van der Waals surface area contributed by atoms with E-state index < -0.39 is 0 Å². The van der Waals surface area contributed by atoms with Gasteiger partial charge >= 0.3 is 5.97 Å². The number of aliphatic hydroxyl groups is 1. The van der Waals surface area contributed by atoms with Crippen molar-refractivity contribution in [3.8, 4) is 0 Å². The largest absolute Gasteiger partial charge is 0.466 e. The molecule has 0 atom stereocenters. The van der Waals surface area contributed by atoms with Crippen LogP contribution in [0.3, 0.4) is 0 Å². The van der Waals surface area contributed by atoms with Gasteiger partial charge in [-0.1, -0.05) is 20.8 Å². The van der Waals surface area contributed by atoms with E-state index in [0.717, 1.165) is 6.42 Å². The summed E-state index contributed by atoms with van der Waals surface area (Å²) in [6, 6.07) is 0. The summed E-state index contributed by atoms with van der Waals surface area (Å²) >= 11 is 0. The molecule has 0 aromatic heterocycles. The van der Waals surface area contributed by atoms with Gasteiger partial charge in [-0.25, -0.2) is 0 Å². The maximum atomic E-state index is 11.0. The molecule has 0 bridgehead atoms. The number of carbonyl (C=O) groups excluding carboxylic acids is 1. The summed E-state index contributed by atoms with van der Waals surface area (Å²) in [5, 5.41) is 8.46. The number of esters is 1. The highest BCUT2D eigenvalue weighted by atomic mass is 16.5. The van der Waals surface area contributed by atoms with Crippen LogP contribution >= 0.6 is 0 Å². The maximum absolute atomic E-state index is 11.0. The zero-order valence-electron chi connectivity index (χ0n) is 8.80. The quantitative estimate of drug-likeness (QED) is 0.668. The van der Waals surface area contributed by atoms with Gasteiger partial charge in [0.15, 0.2) is 0 Å². The van der Waals surface area contributed by atoms with Crippen molar-refractivity contribution in [3.63, 3.8) is 0 Å². The van der Waals surface area contributed by atoms with Crippen LogP contribution in [0.1, 0.15) is 40.0 Å². The first-order valence-electron chi connectivity index (χ1n) is 4.72. The van der Waals surface area contributed by atoms with E-state index >= 15 is 0 Å². The lowest BCUT2D eigenvalue weighted by Gasteiger charge is -2.17. The van der Waals surface area contributed by atoms with Crippen LogP contribution in [0.4, 0.5) is 0 Å². The highest BCUT2D eigenvalue weighted by molar-refractivity contribution is 5.69. The molecule has 0 rings (SSSR count). The molecule has 0 aliphatic heterocycles. The predicted molar refractivity (Wildman–Crippen MR) is 51.4 cm³/mol. The van der Waals surface area contributed by atoms with Crippen molar-refractivity contribution in [1.82, 2.24) is 0 Å². The molecule has 0 fully saturated rings. The minimum absolute atomic E-state index is 0.0500. The van der Waals surface area contributed by atoms with Gasteiger partial charge in [0.25, 0.3) is 0 Å². The monoisotopic (exact) mass is 188 g/mol. The van der Waals surface area contributed by atoms with Gasteiger partial charge in [0.05, 0.1) is 6.61 Å². The summed E-state index contributed by atoms with van der Waals surface area (Å²) in [5.41, 5.74) is 0.206. The minimum atomic E-state index is -0.210. The van der Waals surface area contributed by atoms with Gasteiger partial charge in [-0.2, -0.15) is 0 Å². The molecular formula is C10H20O3. The standard InChI is InChI=1S/C10H20O3/c1-10(2,3)6-8-13-9(12)5-4-7-11/h11H,4-8H2,1-3H3. The van der Waals surface area contributed by atoms with Crippen molar-refractivity contribution in [2.24, 2.45) is 5.41 Å². The molecule has 0 aromatic carbocycles. The molecule has 0 saturated carbocycles. The van der Waals surface area contributed by atoms with Crippen molar-refractivity contribution >= 4 is 5.97 Å². The fourth-order valence-electron chi connectivity index (χ4n) is 0.767. The van der Waals surface area contributed by atoms with E-state index in [-0.39, 0.29) is 18.0 Å². The smallest absolute Gasteiger partial charge is 0.305 e. The van der Waals surface area contributed by atoms with Crippen LogP contribution in [0, 0.1) is 5.41 Å². The molecule has 1 N–H and O–H groups in total. The summed E-state index contributed by atoms with van der Waals surface area (Å²) < 4.78 is 4.97. The van der Waals surface area contributed by atoms with Crippen molar-refractivity contribution in [1.29, 1.82) is 0 Å². The first kappa shape index (κ1) is 12.4. The van der Waals surface area contributed by atoms with Gasteiger partial charge in [-0.3, -0.25) is 4.79 Å². The van der Waals surface area contributed by atoms with E-state index in [1.54, 1.807) is 0 Å². The second kappa shape index (κ2) is 5.97. The van der Waals surface area contributed by atoms with Gasteiger partial charge in [0.1, 0.15) is 0 Å². The molecule has 0 amide bonds. The molecule has 0 unspecified atom stereocenters. The Kier molecular flexibility index (Phi) is 5.71. The topological polar surface area (TPSA) is 46.5 Å². The number of aliphatic hydroxyl groups excluding tert-OH is 1. The maximum Gasteiger partial charge on any atom is 0.305 e. The van der Waals surface area contributed by atoms with E-state index in [2.05, 4.69) is 20.8 Å². The average Bonchev–Trinajstić information content (AvgIpc) is 1.98. The van der Waals surface area contributed by atoms with Crippen molar-refractivity contribution in [2.75, 3.05) is 13.2 Å². The number of hydrogen-bond donors (Lipinski definition) is 1. The number of ether oxygens (including phenoxy) is 1. The molecular weight excluding hydrogens is 168 g/mol. The van der Waals surface area contributed by atoms with Crippen molar-refractivity contribution < 1.29 is 14.6 Å². The molecule has 0 heterocycles. The molecule has 13 heavy (non-hydrogen) atoms. The van der Waals surface area contributed by atoms with Crippen molar-refractivity contribution in [3.05, 3.63) is 0 Å². The van der Waals surface area contributed by atoms with Crippen LogP contribution in [-0.4, -0.2) is 24.3 Å². The summed E-state index contributed by atoms with van der Waals surface area (Å²) in [5.74, 6) is -0.210. The van der Waals surface area contributed by atoms with Crippen LogP contribution in [0.2, 0.25) is 0 Å². The molecule has 0 aromatic rings. The summed E-state index contributed by atoms with van der Waals surface area (Å²) in [7, 11) is 0. The lowest BCUT2D eigenvalue weighted by Crippen LogP contribution is -2.13. The summed E-state index contributed by atoms with van der Waals surface area (Å²) in [6.07, 6.45) is 1.69. The second-order valence-electron chi connectivity index (χ2n) is 4.36. The van der Waals surface area contributed by atoms with E-state index in [9.17, 15) is 4.79 Å². The van der Waals surface area contributed by atoms with Crippen LogP contribution in [-0.2, 0) is 9.53 Å². The Morgan fingerprint density at radius 3 is 2.46 bits per heavy atom. The third-order valence-corrected chi connectivity index (χ3v) is 1.65. The van der Waals surface area contributed by atoms with Gasteiger partial charge in [0.2, 0.25) is 0 Å². The van der Waals surface area contributed by atoms with Crippen LogP contribution in [0.15, 0.2) is 0 Å². The van der Waals surface area contributed by atoms with Crippen LogP contribution < -0.4 is 0 Å². The van der Waals surface area contributed by atoms with E-state index in [1.807, 2.05) is 0 Å². The average molecular weight is 188 g/mol. The highest BCUT2D eigenvalue weighted by Crippen LogP contribution is 2.17. The zero-order chi connectivity index (χ0) is 10.3. The molecule has 0 spiro atoms. The Balaban J connectivity index is 3.37. The molecule has 3 nitrogen and oxygen atoms in total. The van der Waals surface area contributed by atoms with Gasteiger partial charge in [-0.15, -0.1) is 0 Å². The summed E-state index contributed by atoms with van der Waals surface area (Å²) in [6.45, 7) is 6.85. The molecule has 0 aliphatic carbocycles. The third-order valence-electron chi connectivity index (χ3n) is 1.65. The van der Waals surface area contributed by atoms with E-state index in [0.29, 0.717) is 19.4 Å². The zero-order valence-corrected chi connectivity index (χ0v) is 8.80. The Morgan fingerprint density at radius 1 is 1.38 bits per heavy atom. The fraction of sp³-hybridized carbons (Fsp3) is 0.900. The second-order valence-corrected chi connectivity index (χ2v) is 4.36. The first-order chi connectivity index (χ1) is 5.95. The molecule has 0 radical (unpaired) electrons. The van der Waals surface area contributed by atoms with Crippen LogP contribution in [0.5, 0.6) is 0 Å². The SMILES string of the molecule is CC(C)(C)CCOC(=O)CCCO. The van der Waals surface area contributed by atoms with Gasteiger partial charge < -0.3 is 9.84 Å². The molecule has 0 aliphatic rings. The number of carbonyl (C=O) groups is 1. The fourth-order valence-corrected chi connectivity index (χ4v) is 0.767. The Hall–Kier alpha value is -0.570. The third kappa shape index (κ3) is 9.34. The highest BCUT2D eigenvalue weighted by Gasteiger charge is 2.11. The molecule has 78 valence electrons. The number of hydrogen-bond acceptors (Lipinski definition) is 3. The lowest BCUT2D eigenvalue weighted by atomic mass is 9.93. The Morgan fingerprint density at radius 2 is 2.00 bits per heavy atom. The van der Waals surface area contributed by atoms with E-state index in [4.69, 9.17) is 9.84 Å². The summed E-state index contributed by atoms with van der Waals surface area (Å²) in [4.78, 5) is 11.0. The lowest BCUT2D eigenvalue weighted by molar-refractivity contribution is -0.144. The Bertz CT molecular complexity index is 147. The van der Waals surface area contributed by atoms with Gasteiger partial charge in [-0.05, 0) is 18.3 Å². The first-order valence-corrected chi connectivity index (χ1v) is 4.72. The van der Waals surface area contributed by atoms with E-state index in [1.165, 1.54) is 0 Å². The predicted octanol–water partition coefficient (Wildman–Crippen LogP) is 1.74. The molecule has 3 heteroatoms. The van der Waals surface area contributed by atoms with Gasteiger partial charge in [0, 0.05) is 13.0 Å².